The Hall–Kier alpha value is -3.91. The standard InChI is InChI=1S/C20H25F2NO5.C12H16F2O5/c1-26-15-5-4-13(16(8-15)27-2)11-23-7-6-19(18(23)25)9-14(17(24)28-3)10-20(21,22)12-19;1-18-9(16)8-5-11(3-4-15,10(17)19-2)7-12(13,14)6-8/h4-5,8,14H,6-7,9-12H2,1-3H3;4,8H,3,5-7H2,1-2H3/t;8-,11-/m.0/s1. The number of methoxy groups -OCH3 is 5. The number of esters is 3. The highest BCUT2D eigenvalue weighted by atomic mass is 19.3. The van der Waals surface area contributed by atoms with Crippen molar-refractivity contribution in [1.29, 1.82) is 0 Å². The molecule has 1 aliphatic heterocycles. The summed E-state index contributed by atoms with van der Waals surface area (Å²) in [4.78, 5) is 60.5. The van der Waals surface area contributed by atoms with E-state index < -0.39 is 84.5 Å². The molecule has 2 aliphatic carbocycles. The molecule has 0 aromatic heterocycles. The first kappa shape index (κ1) is 37.5. The molecule has 3 aliphatic rings. The second-order valence-electron chi connectivity index (χ2n) is 12.4. The molecule has 0 N–H and O–H groups in total. The number of nitrogens with zero attached hydrogens (tertiary/aromatic N) is 1. The number of rotatable bonds is 9. The number of benzene rings is 1. The lowest BCUT2D eigenvalue weighted by atomic mass is 9.66. The summed E-state index contributed by atoms with van der Waals surface area (Å²) < 4.78 is 80.4. The zero-order valence-electron chi connectivity index (χ0n) is 27.1. The van der Waals surface area contributed by atoms with E-state index in [-0.39, 0.29) is 25.3 Å². The Morgan fingerprint density at radius 3 is 1.98 bits per heavy atom. The average Bonchev–Trinajstić information content (AvgIpc) is 3.31. The summed E-state index contributed by atoms with van der Waals surface area (Å²) in [6.45, 7) is 0.611. The molecule has 15 heteroatoms. The van der Waals surface area contributed by atoms with Crippen molar-refractivity contribution in [2.75, 3.05) is 42.1 Å². The SMILES string of the molecule is COC(=O)C1CC(F)(F)CC2(CCN(Cc3ccc(OC)cc3OC)C2=O)C1.COC(=O)[C@@H]1CC(F)(F)C[C@@](CC=O)(C(=O)OC)C1. The number of amides is 1. The molecule has 11 nitrogen and oxygen atoms in total. The van der Waals surface area contributed by atoms with Crippen molar-refractivity contribution in [3.8, 4) is 11.5 Å². The zero-order chi connectivity index (χ0) is 35.2. The van der Waals surface area contributed by atoms with Gasteiger partial charge in [0.05, 0.1) is 58.2 Å². The molecule has 0 radical (unpaired) electrons. The number of alkyl halides is 4. The van der Waals surface area contributed by atoms with Crippen LogP contribution >= 0.6 is 0 Å². The Morgan fingerprint density at radius 2 is 1.45 bits per heavy atom. The molecular formula is C32H41F4NO10. The van der Waals surface area contributed by atoms with E-state index in [0.717, 1.165) is 19.8 Å². The third-order valence-electron chi connectivity index (χ3n) is 9.18. The summed E-state index contributed by atoms with van der Waals surface area (Å²) in [5.74, 6) is -9.89. The molecule has 1 saturated heterocycles. The van der Waals surface area contributed by atoms with E-state index in [1.54, 1.807) is 30.2 Å². The van der Waals surface area contributed by atoms with E-state index in [2.05, 4.69) is 14.2 Å². The Kier molecular flexibility index (Phi) is 11.9. The van der Waals surface area contributed by atoms with Crippen LogP contribution in [0.3, 0.4) is 0 Å². The Bertz CT molecular complexity index is 1340. The number of ether oxygens (including phenoxy) is 5. The predicted molar refractivity (Wildman–Crippen MR) is 156 cm³/mol. The second-order valence-corrected chi connectivity index (χ2v) is 12.4. The first-order chi connectivity index (χ1) is 22.0. The lowest BCUT2D eigenvalue weighted by molar-refractivity contribution is -0.178. The second kappa shape index (κ2) is 14.9. The largest absolute Gasteiger partial charge is 0.497 e. The molecule has 0 bridgehead atoms. The zero-order valence-corrected chi connectivity index (χ0v) is 27.1. The molecule has 3 fully saturated rings. The van der Waals surface area contributed by atoms with Crippen LogP contribution in [0.25, 0.3) is 0 Å². The first-order valence-electron chi connectivity index (χ1n) is 15.0. The summed E-state index contributed by atoms with van der Waals surface area (Å²) in [7, 11) is 6.40. The molecule has 2 saturated carbocycles. The number of carbonyl (C=O) groups excluding carboxylic acids is 5. The van der Waals surface area contributed by atoms with Crippen LogP contribution in [0.5, 0.6) is 11.5 Å². The monoisotopic (exact) mass is 675 g/mol. The van der Waals surface area contributed by atoms with Gasteiger partial charge in [-0.3, -0.25) is 19.2 Å². The summed E-state index contributed by atoms with van der Waals surface area (Å²) >= 11 is 0. The van der Waals surface area contributed by atoms with Crippen molar-refractivity contribution in [2.24, 2.45) is 22.7 Å². The fraction of sp³-hybridized carbons (Fsp3) is 0.656. The van der Waals surface area contributed by atoms with Gasteiger partial charge in [-0.25, -0.2) is 17.6 Å². The summed E-state index contributed by atoms with van der Waals surface area (Å²) in [6.07, 6.45) is -2.34. The number of likely N-dealkylation sites (tertiary alicyclic amines) is 1. The van der Waals surface area contributed by atoms with Gasteiger partial charge in [0.1, 0.15) is 17.8 Å². The number of carbonyl (C=O) groups is 5. The molecule has 2 unspecified atom stereocenters. The molecule has 1 spiro atoms. The van der Waals surface area contributed by atoms with Crippen LogP contribution in [0.4, 0.5) is 17.6 Å². The fourth-order valence-corrected chi connectivity index (χ4v) is 7.11. The topological polar surface area (TPSA) is 135 Å². The number of hydrogen-bond acceptors (Lipinski definition) is 10. The maximum absolute atomic E-state index is 14.4. The molecule has 4 rings (SSSR count). The van der Waals surface area contributed by atoms with Crippen molar-refractivity contribution < 1.29 is 65.2 Å². The van der Waals surface area contributed by atoms with Crippen molar-refractivity contribution in [3.05, 3.63) is 23.8 Å². The van der Waals surface area contributed by atoms with Gasteiger partial charge in [0.25, 0.3) is 0 Å². The van der Waals surface area contributed by atoms with Crippen LogP contribution in [0.1, 0.15) is 56.9 Å². The van der Waals surface area contributed by atoms with Crippen LogP contribution in [-0.2, 0) is 44.7 Å². The minimum Gasteiger partial charge on any atom is -0.497 e. The maximum Gasteiger partial charge on any atom is 0.312 e. The number of halogens is 4. The summed E-state index contributed by atoms with van der Waals surface area (Å²) in [6, 6.07) is 5.27. The highest BCUT2D eigenvalue weighted by molar-refractivity contribution is 5.86. The van der Waals surface area contributed by atoms with E-state index in [9.17, 15) is 41.5 Å². The van der Waals surface area contributed by atoms with Crippen molar-refractivity contribution in [2.45, 2.75) is 69.8 Å². The van der Waals surface area contributed by atoms with E-state index in [0.29, 0.717) is 30.8 Å². The first-order valence-corrected chi connectivity index (χ1v) is 15.0. The van der Waals surface area contributed by atoms with Gasteiger partial charge in [0.15, 0.2) is 0 Å². The van der Waals surface area contributed by atoms with Gasteiger partial charge in [0.2, 0.25) is 17.8 Å². The quantitative estimate of drug-likeness (QED) is 0.161. The average molecular weight is 676 g/mol. The van der Waals surface area contributed by atoms with Gasteiger partial charge in [-0.2, -0.15) is 0 Å². The van der Waals surface area contributed by atoms with Gasteiger partial charge in [-0.1, -0.05) is 0 Å². The van der Waals surface area contributed by atoms with E-state index in [4.69, 9.17) is 9.47 Å². The molecule has 1 aromatic carbocycles. The van der Waals surface area contributed by atoms with Gasteiger partial charge >= 0.3 is 17.9 Å². The summed E-state index contributed by atoms with van der Waals surface area (Å²) in [5, 5.41) is 0. The van der Waals surface area contributed by atoms with E-state index >= 15 is 0 Å². The Balaban J connectivity index is 0.000000277. The van der Waals surface area contributed by atoms with Gasteiger partial charge < -0.3 is 33.4 Å². The lowest BCUT2D eigenvalue weighted by Gasteiger charge is -2.40. The number of hydrogen-bond donors (Lipinski definition) is 0. The van der Waals surface area contributed by atoms with Gasteiger partial charge in [0, 0.05) is 56.8 Å². The highest BCUT2D eigenvalue weighted by Crippen LogP contribution is 2.53. The van der Waals surface area contributed by atoms with Crippen LogP contribution in [0, 0.1) is 22.7 Å². The molecule has 1 heterocycles. The molecule has 47 heavy (non-hydrogen) atoms. The van der Waals surface area contributed by atoms with E-state index in [1.807, 2.05) is 0 Å². The van der Waals surface area contributed by atoms with Crippen molar-refractivity contribution in [3.63, 3.8) is 0 Å². The van der Waals surface area contributed by atoms with Crippen LogP contribution < -0.4 is 9.47 Å². The van der Waals surface area contributed by atoms with Gasteiger partial charge in [-0.15, -0.1) is 0 Å². The molecular weight excluding hydrogens is 634 g/mol. The number of aldehydes is 1. The van der Waals surface area contributed by atoms with Gasteiger partial charge in [-0.05, 0) is 31.4 Å². The van der Waals surface area contributed by atoms with E-state index in [1.165, 1.54) is 14.2 Å². The molecule has 4 atom stereocenters. The fourth-order valence-electron chi connectivity index (χ4n) is 7.11. The third-order valence-corrected chi connectivity index (χ3v) is 9.18. The van der Waals surface area contributed by atoms with Crippen molar-refractivity contribution >= 4 is 30.1 Å². The minimum atomic E-state index is -3.21. The third kappa shape index (κ3) is 8.52. The minimum absolute atomic E-state index is 0.102. The van der Waals surface area contributed by atoms with Crippen LogP contribution in [-0.4, -0.2) is 88.9 Å². The van der Waals surface area contributed by atoms with Crippen LogP contribution in [0.15, 0.2) is 18.2 Å². The molecule has 1 amide bonds. The molecule has 1 aromatic rings. The Morgan fingerprint density at radius 1 is 0.851 bits per heavy atom. The smallest absolute Gasteiger partial charge is 0.312 e. The Labute approximate surface area is 270 Å². The lowest BCUT2D eigenvalue weighted by Crippen LogP contribution is -2.47. The van der Waals surface area contributed by atoms with Crippen LogP contribution in [0.2, 0.25) is 0 Å². The highest BCUT2D eigenvalue weighted by Gasteiger charge is 2.59. The maximum atomic E-state index is 14.4. The molecule has 262 valence electrons. The summed E-state index contributed by atoms with van der Waals surface area (Å²) in [5.41, 5.74) is -2.11. The normalized spacial score (nSPS) is 27.6. The van der Waals surface area contributed by atoms with Crippen molar-refractivity contribution in [1.82, 2.24) is 4.90 Å². The predicted octanol–water partition coefficient (Wildman–Crippen LogP) is 4.37.